The number of methoxy groups -OCH3 is 1. The molecule has 0 saturated heterocycles. The smallest absolute Gasteiger partial charge is 0.354 e. The molecule has 0 radical (unpaired) electrons. The van der Waals surface area contributed by atoms with Crippen molar-refractivity contribution in [1.82, 2.24) is 4.98 Å². The predicted molar refractivity (Wildman–Crippen MR) is 87.9 cm³/mol. The lowest BCUT2D eigenvalue weighted by molar-refractivity contribution is 0.0594. The van der Waals surface area contributed by atoms with Crippen molar-refractivity contribution in [2.75, 3.05) is 18.1 Å². The Hall–Kier alpha value is -2.33. The molecule has 8 nitrogen and oxygen atoms in total. The van der Waals surface area contributed by atoms with Gasteiger partial charge in [-0.25, -0.2) is 21.6 Å². The molecular weight excluding hydrogens is 356 g/mol. The summed E-state index contributed by atoms with van der Waals surface area (Å²) in [6.45, 7) is 0. The molecule has 0 atom stereocenters. The lowest BCUT2D eigenvalue weighted by Gasteiger charge is -2.11. The van der Waals surface area contributed by atoms with Crippen LogP contribution in [0.5, 0.6) is 0 Å². The number of sulfone groups is 1. The molecule has 24 heavy (non-hydrogen) atoms. The van der Waals surface area contributed by atoms with E-state index in [1.54, 1.807) is 12.1 Å². The van der Waals surface area contributed by atoms with E-state index in [1.807, 2.05) is 0 Å². The molecule has 1 aromatic carbocycles. The van der Waals surface area contributed by atoms with E-state index in [-0.39, 0.29) is 22.0 Å². The molecule has 2 aromatic rings. The maximum atomic E-state index is 12.4. The van der Waals surface area contributed by atoms with Crippen LogP contribution in [0.4, 0.5) is 5.69 Å². The minimum absolute atomic E-state index is 0.0118. The maximum absolute atomic E-state index is 12.4. The van der Waals surface area contributed by atoms with Crippen LogP contribution in [-0.4, -0.2) is 41.2 Å². The number of H-pyrrole nitrogens is 1. The third kappa shape index (κ3) is 4.36. The topological polar surface area (TPSA) is 122 Å². The number of benzene rings is 1. The first-order valence-electron chi connectivity index (χ1n) is 6.67. The highest BCUT2D eigenvalue weighted by atomic mass is 32.2. The first-order valence-corrected chi connectivity index (χ1v) is 10.2. The molecule has 0 bridgehead atoms. The van der Waals surface area contributed by atoms with Crippen LogP contribution >= 0.6 is 0 Å². The van der Waals surface area contributed by atoms with E-state index in [0.29, 0.717) is 5.56 Å². The highest BCUT2D eigenvalue weighted by molar-refractivity contribution is 7.92. The maximum Gasteiger partial charge on any atom is 0.354 e. The van der Waals surface area contributed by atoms with Crippen LogP contribution in [0.2, 0.25) is 0 Å². The van der Waals surface area contributed by atoms with Gasteiger partial charge in [0.15, 0.2) is 9.84 Å². The molecule has 0 aliphatic rings. The second-order valence-corrected chi connectivity index (χ2v) is 8.90. The van der Waals surface area contributed by atoms with Gasteiger partial charge in [0.25, 0.3) is 10.0 Å². The summed E-state index contributed by atoms with van der Waals surface area (Å²) in [6, 6.07) is 7.32. The van der Waals surface area contributed by atoms with Crippen LogP contribution in [0.3, 0.4) is 0 Å². The Balaban J connectivity index is 2.33. The van der Waals surface area contributed by atoms with Crippen molar-refractivity contribution in [3.63, 3.8) is 0 Å². The molecule has 0 saturated carbocycles. The van der Waals surface area contributed by atoms with Crippen LogP contribution in [0.1, 0.15) is 16.1 Å². The van der Waals surface area contributed by atoms with E-state index in [9.17, 15) is 21.6 Å². The van der Waals surface area contributed by atoms with Crippen LogP contribution < -0.4 is 4.72 Å². The van der Waals surface area contributed by atoms with Gasteiger partial charge in [0.2, 0.25) is 0 Å². The summed E-state index contributed by atoms with van der Waals surface area (Å²) in [5.41, 5.74) is 0.471. The van der Waals surface area contributed by atoms with Gasteiger partial charge in [0.05, 0.1) is 18.6 Å². The van der Waals surface area contributed by atoms with Crippen LogP contribution in [0.15, 0.2) is 41.4 Å². The largest absolute Gasteiger partial charge is 0.464 e. The second-order valence-electron chi connectivity index (χ2n) is 5.07. The highest BCUT2D eigenvalue weighted by Crippen LogP contribution is 2.22. The molecule has 0 amide bonds. The van der Waals surface area contributed by atoms with Gasteiger partial charge >= 0.3 is 5.97 Å². The van der Waals surface area contributed by atoms with Gasteiger partial charge in [0.1, 0.15) is 10.6 Å². The van der Waals surface area contributed by atoms with E-state index >= 15 is 0 Å². The lowest BCUT2D eigenvalue weighted by atomic mass is 10.2. The molecule has 1 heterocycles. The molecule has 0 aliphatic heterocycles. The summed E-state index contributed by atoms with van der Waals surface area (Å²) in [7, 11) is -6.15. The number of esters is 1. The number of hydrogen-bond donors (Lipinski definition) is 2. The standard InChI is InChI=1S/C14H16N2O6S2/c1-22-14(17)13-7-11(8-15-13)24(20,21)16-12-6-4-3-5-10(12)9-23(2,18)19/h3-8,15-16H,9H2,1-2H3. The van der Waals surface area contributed by atoms with Gasteiger partial charge in [-0.15, -0.1) is 0 Å². The average Bonchev–Trinajstić information content (AvgIpc) is 2.97. The molecule has 10 heteroatoms. The zero-order valence-electron chi connectivity index (χ0n) is 12.9. The molecule has 0 fully saturated rings. The zero-order valence-corrected chi connectivity index (χ0v) is 14.6. The molecule has 2 rings (SSSR count). The van der Waals surface area contributed by atoms with Crippen LogP contribution in [0, 0.1) is 0 Å². The molecule has 0 unspecified atom stereocenters. The number of nitrogens with one attached hydrogen (secondary N) is 2. The molecular formula is C14H16N2O6S2. The number of ether oxygens (including phenoxy) is 1. The van der Waals surface area contributed by atoms with E-state index < -0.39 is 25.8 Å². The van der Waals surface area contributed by atoms with Gasteiger partial charge in [0, 0.05) is 12.5 Å². The Kier molecular flexibility index (Phi) is 4.99. The fourth-order valence-corrected chi connectivity index (χ4v) is 3.90. The summed E-state index contributed by atoms with van der Waals surface area (Å²) in [5, 5.41) is 0. The summed E-state index contributed by atoms with van der Waals surface area (Å²) in [4.78, 5) is 13.7. The summed E-state index contributed by atoms with van der Waals surface area (Å²) in [5.74, 6) is -0.999. The van der Waals surface area contributed by atoms with Crippen molar-refractivity contribution < 1.29 is 26.4 Å². The molecule has 2 N–H and O–H groups in total. The van der Waals surface area contributed by atoms with Gasteiger partial charge in [-0.1, -0.05) is 18.2 Å². The number of carbonyl (C=O) groups excluding carboxylic acids is 1. The van der Waals surface area contributed by atoms with E-state index in [4.69, 9.17) is 0 Å². The summed E-state index contributed by atoms with van der Waals surface area (Å²) < 4.78 is 54.6. The fourth-order valence-electron chi connectivity index (χ4n) is 1.99. The number of hydrogen-bond acceptors (Lipinski definition) is 6. The van der Waals surface area contributed by atoms with Crippen molar-refractivity contribution in [3.05, 3.63) is 47.8 Å². The van der Waals surface area contributed by atoms with Crippen LogP contribution in [-0.2, 0) is 30.4 Å². The molecule has 0 spiro atoms. The molecule has 1 aromatic heterocycles. The van der Waals surface area contributed by atoms with Gasteiger partial charge < -0.3 is 9.72 Å². The van der Waals surface area contributed by atoms with Gasteiger partial charge in [-0.2, -0.15) is 0 Å². The van der Waals surface area contributed by atoms with Crippen molar-refractivity contribution in [1.29, 1.82) is 0 Å². The quantitative estimate of drug-likeness (QED) is 0.733. The number of carbonyl (C=O) groups is 1. The van der Waals surface area contributed by atoms with Gasteiger partial charge in [-0.3, -0.25) is 4.72 Å². The number of para-hydroxylation sites is 1. The van der Waals surface area contributed by atoms with Gasteiger partial charge in [-0.05, 0) is 17.7 Å². The summed E-state index contributed by atoms with van der Waals surface area (Å²) in [6.07, 6.45) is 2.21. The number of anilines is 1. The second kappa shape index (κ2) is 6.65. The highest BCUT2D eigenvalue weighted by Gasteiger charge is 2.20. The Morgan fingerprint density at radius 3 is 2.50 bits per heavy atom. The van der Waals surface area contributed by atoms with Crippen molar-refractivity contribution >= 4 is 31.5 Å². The van der Waals surface area contributed by atoms with E-state index in [1.165, 1.54) is 19.2 Å². The molecule has 0 aliphatic carbocycles. The first kappa shape index (κ1) is 18.0. The minimum atomic E-state index is -4.00. The van der Waals surface area contributed by atoms with Crippen molar-refractivity contribution in [3.8, 4) is 0 Å². The SMILES string of the molecule is COC(=O)c1cc(S(=O)(=O)Nc2ccccc2CS(C)(=O)=O)c[nH]1. The normalized spacial score (nSPS) is 11.9. The lowest BCUT2D eigenvalue weighted by Crippen LogP contribution is -2.14. The number of sulfonamides is 1. The fraction of sp³-hybridized carbons (Fsp3) is 0.214. The van der Waals surface area contributed by atoms with Crippen molar-refractivity contribution in [2.45, 2.75) is 10.6 Å². The number of aromatic amines is 1. The first-order chi connectivity index (χ1) is 11.1. The third-order valence-corrected chi connectivity index (χ3v) is 5.23. The number of rotatable bonds is 6. The van der Waals surface area contributed by atoms with Crippen LogP contribution in [0.25, 0.3) is 0 Å². The zero-order chi connectivity index (χ0) is 18.0. The van der Waals surface area contributed by atoms with E-state index in [0.717, 1.165) is 18.5 Å². The Bertz CT molecular complexity index is 961. The third-order valence-electron chi connectivity index (χ3n) is 3.05. The Morgan fingerprint density at radius 1 is 1.21 bits per heavy atom. The Labute approximate surface area is 139 Å². The van der Waals surface area contributed by atoms with E-state index in [2.05, 4.69) is 14.4 Å². The van der Waals surface area contributed by atoms with Crippen molar-refractivity contribution in [2.24, 2.45) is 0 Å². The minimum Gasteiger partial charge on any atom is -0.464 e. The Morgan fingerprint density at radius 2 is 1.88 bits per heavy atom. The average molecular weight is 372 g/mol. The monoisotopic (exact) mass is 372 g/mol. The molecule has 130 valence electrons. The number of aromatic nitrogens is 1. The summed E-state index contributed by atoms with van der Waals surface area (Å²) >= 11 is 0. The predicted octanol–water partition coefficient (Wildman–Crippen LogP) is 1.15.